The average Bonchev–Trinajstić information content (AvgIpc) is 2.54. The van der Waals surface area contributed by atoms with Crippen molar-refractivity contribution in [2.24, 2.45) is 10.8 Å². The van der Waals surface area contributed by atoms with E-state index in [0.29, 0.717) is 5.41 Å². The molecule has 3 nitrogen and oxygen atoms in total. The maximum Gasteiger partial charge on any atom is 0.157 e. The summed E-state index contributed by atoms with van der Waals surface area (Å²) in [5.74, 6) is 0.183. The molecule has 3 heteroatoms. The molecule has 1 aromatic carbocycles. The van der Waals surface area contributed by atoms with Crippen molar-refractivity contribution < 1.29 is 4.79 Å². The number of benzene rings is 1. The zero-order chi connectivity index (χ0) is 18.2. The maximum atomic E-state index is 12.0. The molecule has 0 aliphatic carbocycles. The van der Waals surface area contributed by atoms with Crippen molar-refractivity contribution in [1.29, 1.82) is 0 Å². The van der Waals surface area contributed by atoms with Crippen LogP contribution >= 0.6 is 0 Å². The molecule has 0 unspecified atom stereocenters. The standard InChI is InChI=1S/C22H32N2O/c1-17(25)20-16-24(15-12-22(20,4)5)19-8-6-18(7-9-19)23-13-10-21(2,3)11-14-23/h6-9,16H,10-15H2,1-5H3. The monoisotopic (exact) mass is 340 g/mol. The fraction of sp³-hybridized carbons (Fsp3) is 0.591. The highest BCUT2D eigenvalue weighted by Crippen LogP contribution is 2.37. The Bertz CT molecular complexity index is 660. The van der Waals surface area contributed by atoms with Gasteiger partial charge in [-0.2, -0.15) is 0 Å². The summed E-state index contributed by atoms with van der Waals surface area (Å²) in [6.45, 7) is 14.0. The SMILES string of the molecule is CC(=O)C1=CN(c2ccc(N3CCC(C)(C)CC3)cc2)CCC1(C)C. The number of hydrogen-bond donors (Lipinski definition) is 0. The van der Waals surface area contributed by atoms with Crippen molar-refractivity contribution in [3.8, 4) is 0 Å². The molecule has 0 saturated carbocycles. The third-order valence-electron chi connectivity index (χ3n) is 6.03. The molecule has 0 atom stereocenters. The molecule has 1 aromatic rings. The quantitative estimate of drug-likeness (QED) is 0.771. The minimum Gasteiger partial charge on any atom is -0.371 e. The topological polar surface area (TPSA) is 23.6 Å². The van der Waals surface area contributed by atoms with E-state index < -0.39 is 0 Å². The Labute approximate surface area is 152 Å². The van der Waals surface area contributed by atoms with Crippen molar-refractivity contribution in [2.45, 2.75) is 53.9 Å². The first-order valence-electron chi connectivity index (χ1n) is 9.53. The van der Waals surface area contributed by atoms with E-state index in [0.717, 1.165) is 31.6 Å². The van der Waals surface area contributed by atoms with E-state index in [4.69, 9.17) is 0 Å². The van der Waals surface area contributed by atoms with E-state index in [2.05, 4.69) is 68.0 Å². The van der Waals surface area contributed by atoms with Crippen LogP contribution in [0.5, 0.6) is 0 Å². The van der Waals surface area contributed by atoms with Gasteiger partial charge in [0.25, 0.3) is 0 Å². The minimum atomic E-state index is -0.0249. The molecular formula is C22H32N2O. The summed E-state index contributed by atoms with van der Waals surface area (Å²) in [5, 5.41) is 0. The molecule has 0 bridgehead atoms. The van der Waals surface area contributed by atoms with Crippen LogP contribution in [0.4, 0.5) is 11.4 Å². The molecule has 0 N–H and O–H groups in total. The normalized spacial score (nSPS) is 22.5. The molecule has 0 aromatic heterocycles. The lowest BCUT2D eigenvalue weighted by atomic mass is 9.77. The van der Waals surface area contributed by atoms with Gasteiger partial charge in [-0.15, -0.1) is 0 Å². The van der Waals surface area contributed by atoms with E-state index in [1.165, 1.54) is 24.2 Å². The molecule has 2 aliphatic rings. The average molecular weight is 341 g/mol. The predicted molar refractivity (Wildman–Crippen MR) is 106 cm³/mol. The van der Waals surface area contributed by atoms with Crippen molar-refractivity contribution in [2.75, 3.05) is 29.4 Å². The van der Waals surface area contributed by atoms with Gasteiger partial charge in [0.05, 0.1) is 0 Å². The van der Waals surface area contributed by atoms with Gasteiger partial charge in [-0.1, -0.05) is 27.7 Å². The summed E-state index contributed by atoms with van der Waals surface area (Å²) in [7, 11) is 0. The zero-order valence-electron chi connectivity index (χ0n) is 16.4. The number of allylic oxidation sites excluding steroid dienone is 1. The Balaban J connectivity index is 1.75. The molecule has 25 heavy (non-hydrogen) atoms. The lowest BCUT2D eigenvalue weighted by Crippen LogP contribution is -2.37. The number of carbonyl (C=O) groups excluding carboxylic acids is 1. The van der Waals surface area contributed by atoms with Gasteiger partial charge in [-0.25, -0.2) is 0 Å². The van der Waals surface area contributed by atoms with Crippen LogP contribution < -0.4 is 9.80 Å². The van der Waals surface area contributed by atoms with E-state index in [9.17, 15) is 4.79 Å². The first kappa shape index (κ1) is 18.0. The molecule has 2 aliphatic heterocycles. The van der Waals surface area contributed by atoms with E-state index in [1.807, 2.05) is 0 Å². The van der Waals surface area contributed by atoms with Crippen LogP contribution in [0.15, 0.2) is 36.0 Å². The van der Waals surface area contributed by atoms with Crippen LogP contribution in [0.1, 0.15) is 53.9 Å². The van der Waals surface area contributed by atoms with Gasteiger partial charge in [-0.3, -0.25) is 4.79 Å². The summed E-state index contributed by atoms with van der Waals surface area (Å²) in [6.07, 6.45) is 5.56. The summed E-state index contributed by atoms with van der Waals surface area (Å²) in [5.41, 5.74) is 3.87. The Hall–Kier alpha value is -1.77. The number of rotatable bonds is 3. The highest BCUT2D eigenvalue weighted by Gasteiger charge is 2.31. The van der Waals surface area contributed by atoms with Crippen molar-refractivity contribution >= 4 is 17.2 Å². The van der Waals surface area contributed by atoms with Gasteiger partial charge < -0.3 is 9.80 Å². The third kappa shape index (κ3) is 3.91. The zero-order valence-corrected chi connectivity index (χ0v) is 16.4. The molecule has 3 rings (SSSR count). The van der Waals surface area contributed by atoms with Gasteiger partial charge in [-0.05, 0) is 61.3 Å². The third-order valence-corrected chi connectivity index (χ3v) is 6.03. The number of carbonyl (C=O) groups is 1. The molecule has 0 amide bonds. The molecule has 2 heterocycles. The van der Waals surface area contributed by atoms with Crippen molar-refractivity contribution in [1.82, 2.24) is 0 Å². The lowest BCUT2D eigenvalue weighted by Gasteiger charge is -2.39. The van der Waals surface area contributed by atoms with Crippen LogP contribution in [-0.2, 0) is 4.79 Å². The maximum absolute atomic E-state index is 12.0. The lowest BCUT2D eigenvalue weighted by molar-refractivity contribution is -0.114. The second kappa shape index (κ2) is 6.51. The summed E-state index contributed by atoms with van der Waals surface area (Å²) in [4.78, 5) is 16.7. The van der Waals surface area contributed by atoms with E-state index in [-0.39, 0.29) is 11.2 Å². The first-order valence-corrected chi connectivity index (χ1v) is 9.53. The van der Waals surface area contributed by atoms with Crippen LogP contribution in [0, 0.1) is 10.8 Å². The Morgan fingerprint density at radius 1 is 0.880 bits per heavy atom. The summed E-state index contributed by atoms with van der Waals surface area (Å²) in [6, 6.07) is 8.85. The fourth-order valence-corrected chi connectivity index (χ4v) is 3.93. The number of ketones is 1. The number of piperidine rings is 1. The Kier molecular flexibility index (Phi) is 4.70. The van der Waals surface area contributed by atoms with Gasteiger partial charge in [0.15, 0.2) is 5.78 Å². The predicted octanol–water partition coefficient (Wildman–Crippen LogP) is 5.02. The molecular weight excluding hydrogens is 308 g/mol. The van der Waals surface area contributed by atoms with Crippen LogP contribution in [0.25, 0.3) is 0 Å². The Morgan fingerprint density at radius 2 is 1.44 bits per heavy atom. The number of Topliss-reactive ketones (excluding diaryl/α,β-unsaturated/α-hetero) is 1. The van der Waals surface area contributed by atoms with E-state index in [1.54, 1.807) is 6.92 Å². The largest absolute Gasteiger partial charge is 0.371 e. The summed E-state index contributed by atoms with van der Waals surface area (Å²) >= 11 is 0. The number of hydrogen-bond acceptors (Lipinski definition) is 3. The fourth-order valence-electron chi connectivity index (χ4n) is 3.93. The van der Waals surface area contributed by atoms with Gasteiger partial charge in [0, 0.05) is 42.8 Å². The van der Waals surface area contributed by atoms with Gasteiger partial charge >= 0.3 is 0 Å². The molecule has 136 valence electrons. The molecule has 1 saturated heterocycles. The Morgan fingerprint density at radius 3 is 2.00 bits per heavy atom. The van der Waals surface area contributed by atoms with Crippen molar-refractivity contribution in [3.63, 3.8) is 0 Å². The highest BCUT2D eigenvalue weighted by atomic mass is 16.1. The van der Waals surface area contributed by atoms with Crippen molar-refractivity contribution in [3.05, 3.63) is 36.0 Å². The van der Waals surface area contributed by atoms with Crippen LogP contribution in [0.2, 0.25) is 0 Å². The number of anilines is 2. The van der Waals surface area contributed by atoms with Crippen LogP contribution in [-0.4, -0.2) is 25.4 Å². The number of nitrogens with zero attached hydrogens (tertiary/aromatic N) is 2. The molecule has 0 spiro atoms. The molecule has 1 fully saturated rings. The second-order valence-corrected chi connectivity index (χ2v) is 9.09. The van der Waals surface area contributed by atoms with Crippen LogP contribution in [0.3, 0.4) is 0 Å². The summed E-state index contributed by atoms with van der Waals surface area (Å²) < 4.78 is 0. The second-order valence-electron chi connectivity index (χ2n) is 9.09. The van der Waals surface area contributed by atoms with Gasteiger partial charge in [0.2, 0.25) is 0 Å². The molecule has 0 radical (unpaired) electrons. The minimum absolute atomic E-state index is 0.0249. The van der Waals surface area contributed by atoms with Gasteiger partial charge in [0.1, 0.15) is 0 Å². The smallest absolute Gasteiger partial charge is 0.157 e. The highest BCUT2D eigenvalue weighted by molar-refractivity contribution is 5.95. The first-order chi connectivity index (χ1) is 11.7. The van der Waals surface area contributed by atoms with E-state index >= 15 is 0 Å².